The number of sulfonamides is 1. The maximum Gasteiger partial charge on any atom is 0.261 e. The summed E-state index contributed by atoms with van der Waals surface area (Å²) >= 11 is 3.34. The minimum atomic E-state index is -3.95. The van der Waals surface area contributed by atoms with Crippen LogP contribution in [0.3, 0.4) is 0 Å². The Morgan fingerprint density at radius 2 is 1.97 bits per heavy atom. The molecule has 1 amide bonds. The molecule has 0 aliphatic heterocycles. The minimum Gasteiger partial charge on any atom is -0.504 e. The second kappa shape index (κ2) is 9.14. The van der Waals surface area contributed by atoms with Crippen molar-refractivity contribution in [3.63, 3.8) is 0 Å². The molecular weight excluding hydrogens is 474 g/mol. The molecule has 0 aliphatic rings. The molecule has 30 heavy (non-hydrogen) atoms. The van der Waals surface area contributed by atoms with Gasteiger partial charge in [-0.1, -0.05) is 6.07 Å². The Balaban J connectivity index is 1.81. The van der Waals surface area contributed by atoms with Crippen LogP contribution in [0.5, 0.6) is 11.5 Å². The van der Waals surface area contributed by atoms with Crippen molar-refractivity contribution in [3.8, 4) is 11.5 Å². The number of aromatic nitrogens is 1. The number of aromatic hydroxyl groups is 1. The van der Waals surface area contributed by atoms with Crippen LogP contribution < -0.4 is 14.8 Å². The normalized spacial score (nSPS) is 11.0. The first-order valence-corrected chi connectivity index (χ1v) is 11.1. The van der Waals surface area contributed by atoms with Crippen LogP contribution in [0.25, 0.3) is 0 Å². The van der Waals surface area contributed by atoms with Gasteiger partial charge >= 0.3 is 0 Å². The van der Waals surface area contributed by atoms with E-state index in [1.807, 2.05) is 6.92 Å². The zero-order valence-electron chi connectivity index (χ0n) is 15.8. The van der Waals surface area contributed by atoms with Gasteiger partial charge in [-0.2, -0.15) is 0 Å². The number of hydrogen-bond donors (Lipinski definition) is 3. The molecule has 10 heteroatoms. The first kappa shape index (κ1) is 21.6. The summed E-state index contributed by atoms with van der Waals surface area (Å²) in [4.78, 5) is 16.2. The zero-order valence-corrected chi connectivity index (χ0v) is 18.2. The van der Waals surface area contributed by atoms with Gasteiger partial charge < -0.3 is 15.2 Å². The number of amides is 1. The highest BCUT2D eigenvalue weighted by atomic mass is 79.9. The van der Waals surface area contributed by atoms with Gasteiger partial charge in [0.05, 0.1) is 21.7 Å². The highest BCUT2D eigenvalue weighted by Gasteiger charge is 2.18. The summed E-state index contributed by atoms with van der Waals surface area (Å²) in [7, 11) is -3.95. The predicted octanol–water partition coefficient (Wildman–Crippen LogP) is 4.00. The van der Waals surface area contributed by atoms with Crippen molar-refractivity contribution < 1.29 is 23.1 Å². The van der Waals surface area contributed by atoms with Crippen LogP contribution >= 0.6 is 15.9 Å². The number of ether oxygens (including phenoxy) is 1. The van der Waals surface area contributed by atoms with Crippen LogP contribution in [0, 0.1) is 0 Å². The molecule has 3 N–H and O–H groups in total. The lowest BCUT2D eigenvalue weighted by Gasteiger charge is -2.12. The topological polar surface area (TPSA) is 118 Å². The Labute approximate surface area is 182 Å². The highest BCUT2D eigenvalue weighted by molar-refractivity contribution is 9.10. The van der Waals surface area contributed by atoms with Gasteiger partial charge in [0.15, 0.2) is 11.6 Å². The van der Waals surface area contributed by atoms with E-state index in [-0.39, 0.29) is 22.0 Å². The van der Waals surface area contributed by atoms with Crippen molar-refractivity contribution in [2.45, 2.75) is 11.8 Å². The lowest BCUT2D eigenvalue weighted by Crippen LogP contribution is -2.16. The number of pyridine rings is 1. The number of carbonyl (C=O) groups excluding carboxylic acids is 1. The molecule has 3 aromatic rings. The first-order chi connectivity index (χ1) is 14.3. The van der Waals surface area contributed by atoms with Gasteiger partial charge in [-0.25, -0.2) is 13.4 Å². The summed E-state index contributed by atoms with van der Waals surface area (Å²) < 4.78 is 34.0. The SMILES string of the molecule is CCOc1ccc(NS(=O)(=O)c2cccc(C(=O)Nc3ncccc3O)c2)cc1Br. The average molecular weight is 492 g/mol. The Morgan fingerprint density at radius 1 is 1.17 bits per heavy atom. The molecule has 0 saturated heterocycles. The van der Waals surface area contributed by atoms with Gasteiger partial charge in [-0.3, -0.25) is 9.52 Å². The van der Waals surface area contributed by atoms with E-state index in [4.69, 9.17) is 4.74 Å². The summed E-state index contributed by atoms with van der Waals surface area (Å²) in [5.41, 5.74) is 0.425. The van der Waals surface area contributed by atoms with Crippen molar-refractivity contribution >= 4 is 43.4 Å². The molecular formula is C20H18BrN3O5S. The molecule has 0 atom stereocenters. The second-order valence-corrected chi connectivity index (χ2v) is 8.57. The van der Waals surface area contributed by atoms with Crippen LogP contribution in [0.15, 0.2) is 70.2 Å². The van der Waals surface area contributed by atoms with Crippen molar-refractivity contribution in [1.29, 1.82) is 0 Å². The van der Waals surface area contributed by atoms with Crippen molar-refractivity contribution in [3.05, 3.63) is 70.8 Å². The molecule has 3 rings (SSSR count). The molecule has 2 aromatic carbocycles. The summed E-state index contributed by atoms with van der Waals surface area (Å²) in [6.07, 6.45) is 1.41. The molecule has 0 radical (unpaired) electrons. The van der Waals surface area contributed by atoms with E-state index in [0.717, 1.165) is 0 Å². The van der Waals surface area contributed by atoms with Gasteiger partial charge in [0.1, 0.15) is 5.75 Å². The van der Waals surface area contributed by atoms with E-state index in [1.54, 1.807) is 18.2 Å². The Kier molecular flexibility index (Phi) is 6.58. The molecule has 8 nitrogen and oxygen atoms in total. The summed E-state index contributed by atoms with van der Waals surface area (Å²) in [6, 6.07) is 13.2. The molecule has 0 spiro atoms. The smallest absolute Gasteiger partial charge is 0.261 e. The molecule has 0 fully saturated rings. The molecule has 1 aromatic heterocycles. The van der Waals surface area contributed by atoms with Crippen molar-refractivity contribution in [1.82, 2.24) is 4.98 Å². The van der Waals surface area contributed by atoms with E-state index in [0.29, 0.717) is 22.5 Å². The number of nitrogens with zero attached hydrogens (tertiary/aromatic N) is 1. The largest absolute Gasteiger partial charge is 0.504 e. The van der Waals surface area contributed by atoms with Crippen LogP contribution in [0.4, 0.5) is 11.5 Å². The number of halogens is 1. The van der Waals surface area contributed by atoms with Gasteiger partial charge in [0, 0.05) is 11.8 Å². The number of nitrogens with one attached hydrogen (secondary N) is 2. The maximum absolute atomic E-state index is 12.8. The van der Waals surface area contributed by atoms with Crippen LogP contribution in [-0.2, 0) is 10.0 Å². The Morgan fingerprint density at radius 3 is 2.67 bits per heavy atom. The lowest BCUT2D eigenvalue weighted by atomic mass is 10.2. The zero-order chi connectivity index (χ0) is 21.7. The molecule has 156 valence electrons. The first-order valence-electron chi connectivity index (χ1n) is 8.80. The molecule has 0 saturated carbocycles. The number of hydrogen-bond acceptors (Lipinski definition) is 6. The monoisotopic (exact) mass is 491 g/mol. The van der Waals surface area contributed by atoms with E-state index < -0.39 is 15.9 Å². The fourth-order valence-corrected chi connectivity index (χ4v) is 4.12. The molecule has 0 unspecified atom stereocenters. The van der Waals surface area contributed by atoms with Crippen LogP contribution in [0.1, 0.15) is 17.3 Å². The second-order valence-electron chi connectivity index (χ2n) is 6.04. The number of rotatable bonds is 7. The fourth-order valence-electron chi connectivity index (χ4n) is 2.53. The molecule has 0 aliphatic carbocycles. The predicted molar refractivity (Wildman–Crippen MR) is 116 cm³/mol. The Hall–Kier alpha value is -3.11. The van der Waals surface area contributed by atoms with Gasteiger partial charge in [-0.05, 0) is 71.4 Å². The van der Waals surface area contributed by atoms with E-state index in [1.165, 1.54) is 42.6 Å². The average Bonchev–Trinajstić information content (AvgIpc) is 2.72. The summed E-state index contributed by atoms with van der Waals surface area (Å²) in [6.45, 7) is 2.33. The standard InChI is InChI=1S/C20H18BrN3O5S/c1-2-29-18-9-8-14(12-16(18)21)24-30(27,28)15-6-3-5-13(11-15)20(26)23-19-17(25)7-4-10-22-19/h3-12,24-25H,2H2,1H3,(H,22,23,26). The summed E-state index contributed by atoms with van der Waals surface area (Å²) in [5.74, 6) is -0.229. The maximum atomic E-state index is 12.8. The fraction of sp³-hybridized carbons (Fsp3) is 0.100. The van der Waals surface area contributed by atoms with Crippen molar-refractivity contribution in [2.24, 2.45) is 0 Å². The quantitative estimate of drug-likeness (QED) is 0.459. The highest BCUT2D eigenvalue weighted by Crippen LogP contribution is 2.29. The molecule has 0 bridgehead atoms. The van der Waals surface area contributed by atoms with Crippen LogP contribution in [0.2, 0.25) is 0 Å². The van der Waals surface area contributed by atoms with Crippen molar-refractivity contribution in [2.75, 3.05) is 16.6 Å². The third-order valence-electron chi connectivity index (χ3n) is 3.91. The van der Waals surface area contributed by atoms with Gasteiger partial charge in [0.2, 0.25) is 0 Å². The van der Waals surface area contributed by atoms with Gasteiger partial charge in [0.25, 0.3) is 15.9 Å². The third kappa shape index (κ3) is 5.08. The van der Waals surface area contributed by atoms with E-state index >= 15 is 0 Å². The van der Waals surface area contributed by atoms with E-state index in [2.05, 4.69) is 31.0 Å². The van der Waals surface area contributed by atoms with E-state index in [9.17, 15) is 18.3 Å². The number of carbonyl (C=O) groups is 1. The Bertz CT molecular complexity index is 1180. The minimum absolute atomic E-state index is 0.0203. The lowest BCUT2D eigenvalue weighted by molar-refractivity contribution is 0.102. The molecule has 1 heterocycles. The van der Waals surface area contributed by atoms with Crippen LogP contribution in [-0.4, -0.2) is 31.0 Å². The summed E-state index contributed by atoms with van der Waals surface area (Å²) in [5, 5.41) is 12.2. The number of benzene rings is 2. The van der Waals surface area contributed by atoms with Gasteiger partial charge in [-0.15, -0.1) is 0 Å². The number of anilines is 2. The third-order valence-corrected chi connectivity index (χ3v) is 5.91.